The van der Waals surface area contributed by atoms with Crippen LogP contribution in [0.3, 0.4) is 0 Å². The third-order valence-electron chi connectivity index (χ3n) is 5.49. The monoisotopic (exact) mass is 345 g/mol. The molecule has 6 heteroatoms. The minimum atomic E-state index is -0.249. The van der Waals surface area contributed by atoms with Crippen LogP contribution in [-0.2, 0) is 20.9 Å². The summed E-state index contributed by atoms with van der Waals surface area (Å²) >= 11 is 0. The largest absolute Gasteiger partial charge is 0.371 e. The lowest BCUT2D eigenvalue weighted by molar-refractivity contribution is -0.155. The Labute approximate surface area is 149 Å². The zero-order valence-corrected chi connectivity index (χ0v) is 15.1. The number of carbonyl (C=O) groups excluding carboxylic acids is 2. The Balaban J connectivity index is 1.62. The predicted octanol–water partition coefficient (Wildman–Crippen LogP) is 1.85. The Morgan fingerprint density at radius 2 is 2.16 bits per heavy atom. The molecule has 0 N–H and O–H groups in total. The van der Waals surface area contributed by atoms with E-state index in [4.69, 9.17) is 4.74 Å². The second kappa shape index (κ2) is 7.52. The number of carbonyl (C=O) groups is 2. The van der Waals surface area contributed by atoms with Crippen molar-refractivity contribution in [2.75, 3.05) is 26.2 Å². The quantitative estimate of drug-likeness (QED) is 0.817. The third-order valence-corrected chi connectivity index (χ3v) is 5.49. The lowest BCUT2D eigenvalue weighted by Gasteiger charge is -2.42. The number of amides is 2. The highest BCUT2D eigenvalue weighted by molar-refractivity contribution is 5.89. The molecule has 0 radical (unpaired) electrons. The number of hydrogen-bond donors (Lipinski definition) is 0. The van der Waals surface area contributed by atoms with Crippen molar-refractivity contribution in [3.8, 4) is 0 Å². The summed E-state index contributed by atoms with van der Waals surface area (Å²) in [6, 6.07) is 5.67. The number of nitrogens with zero attached hydrogens (tertiary/aromatic N) is 3. The molecule has 6 nitrogen and oxygen atoms in total. The Kier molecular flexibility index (Phi) is 5.37. The number of pyridine rings is 1. The molecule has 2 fully saturated rings. The summed E-state index contributed by atoms with van der Waals surface area (Å²) < 4.78 is 5.95. The van der Waals surface area contributed by atoms with Gasteiger partial charge in [-0.1, -0.05) is 19.9 Å². The maximum atomic E-state index is 12.9. The molecule has 3 heterocycles. The SMILES string of the molecule is CCC1(CC)CN(C(=O)[C@@H]2CC(=O)N(Cc3ccccn3)C2)CCO1. The van der Waals surface area contributed by atoms with Crippen molar-refractivity contribution in [3.05, 3.63) is 30.1 Å². The molecule has 0 saturated carbocycles. The van der Waals surface area contributed by atoms with Gasteiger partial charge in [-0.15, -0.1) is 0 Å². The number of aromatic nitrogens is 1. The highest BCUT2D eigenvalue weighted by Gasteiger charge is 2.41. The Bertz CT molecular complexity index is 616. The van der Waals surface area contributed by atoms with Crippen LogP contribution in [0.1, 0.15) is 38.8 Å². The standard InChI is InChI=1S/C19H27N3O3/c1-3-19(4-2)14-21(9-10-25-19)18(24)15-11-17(23)22(12-15)13-16-7-5-6-8-20-16/h5-8,15H,3-4,9-14H2,1-2H3/t15-/m1/s1. The lowest BCUT2D eigenvalue weighted by atomic mass is 9.94. The van der Waals surface area contributed by atoms with Crippen molar-refractivity contribution < 1.29 is 14.3 Å². The van der Waals surface area contributed by atoms with Crippen molar-refractivity contribution in [2.24, 2.45) is 5.92 Å². The van der Waals surface area contributed by atoms with Gasteiger partial charge in [-0.25, -0.2) is 0 Å². The van der Waals surface area contributed by atoms with Gasteiger partial charge in [0.2, 0.25) is 11.8 Å². The molecule has 2 saturated heterocycles. The van der Waals surface area contributed by atoms with E-state index in [2.05, 4.69) is 18.8 Å². The molecule has 2 aliphatic heterocycles. The van der Waals surface area contributed by atoms with Gasteiger partial charge in [0.15, 0.2) is 0 Å². The zero-order chi connectivity index (χ0) is 17.9. The molecule has 2 aliphatic rings. The molecular weight excluding hydrogens is 318 g/mol. The van der Waals surface area contributed by atoms with E-state index in [-0.39, 0.29) is 23.3 Å². The summed E-state index contributed by atoms with van der Waals surface area (Å²) in [6.45, 7) is 6.98. The minimum Gasteiger partial charge on any atom is -0.371 e. The molecule has 0 aliphatic carbocycles. The molecule has 0 spiro atoms. The third kappa shape index (κ3) is 3.84. The molecule has 3 rings (SSSR count). The van der Waals surface area contributed by atoms with E-state index in [9.17, 15) is 9.59 Å². The van der Waals surface area contributed by atoms with Crippen molar-refractivity contribution in [3.63, 3.8) is 0 Å². The maximum Gasteiger partial charge on any atom is 0.228 e. The van der Waals surface area contributed by atoms with Gasteiger partial charge in [-0.3, -0.25) is 14.6 Å². The van der Waals surface area contributed by atoms with Crippen molar-refractivity contribution in [1.82, 2.24) is 14.8 Å². The van der Waals surface area contributed by atoms with Gasteiger partial charge in [0.1, 0.15) is 0 Å². The van der Waals surface area contributed by atoms with Crippen LogP contribution < -0.4 is 0 Å². The first-order chi connectivity index (χ1) is 12.1. The maximum absolute atomic E-state index is 12.9. The molecule has 0 unspecified atom stereocenters. The summed E-state index contributed by atoms with van der Waals surface area (Å²) in [5.41, 5.74) is 0.621. The number of morpholine rings is 1. The highest BCUT2D eigenvalue weighted by atomic mass is 16.5. The van der Waals surface area contributed by atoms with E-state index in [0.29, 0.717) is 39.2 Å². The van der Waals surface area contributed by atoms with Gasteiger partial charge in [0.05, 0.1) is 30.4 Å². The number of ether oxygens (including phenoxy) is 1. The highest BCUT2D eigenvalue weighted by Crippen LogP contribution is 2.28. The van der Waals surface area contributed by atoms with Crippen LogP contribution in [0.25, 0.3) is 0 Å². The van der Waals surface area contributed by atoms with Gasteiger partial charge in [0.25, 0.3) is 0 Å². The fourth-order valence-corrected chi connectivity index (χ4v) is 3.75. The van der Waals surface area contributed by atoms with Crippen LogP contribution in [0.5, 0.6) is 0 Å². The molecule has 1 atom stereocenters. The zero-order valence-electron chi connectivity index (χ0n) is 15.1. The Morgan fingerprint density at radius 3 is 2.84 bits per heavy atom. The van der Waals surface area contributed by atoms with Crippen LogP contribution in [0, 0.1) is 5.92 Å². The summed E-state index contributed by atoms with van der Waals surface area (Å²) in [6.07, 6.45) is 3.81. The van der Waals surface area contributed by atoms with Crippen LogP contribution in [-0.4, -0.2) is 58.4 Å². The molecule has 2 amide bonds. The van der Waals surface area contributed by atoms with Gasteiger partial charge in [-0.05, 0) is 25.0 Å². The first kappa shape index (κ1) is 17.9. The van der Waals surface area contributed by atoms with E-state index < -0.39 is 0 Å². The summed E-state index contributed by atoms with van der Waals surface area (Å²) in [4.78, 5) is 33.2. The van der Waals surface area contributed by atoms with Crippen LogP contribution in [0.2, 0.25) is 0 Å². The Morgan fingerprint density at radius 1 is 1.36 bits per heavy atom. The summed E-state index contributed by atoms with van der Waals surface area (Å²) in [5, 5.41) is 0. The average molecular weight is 345 g/mol. The number of likely N-dealkylation sites (tertiary alicyclic amines) is 1. The van der Waals surface area contributed by atoms with Crippen molar-refractivity contribution >= 4 is 11.8 Å². The Hall–Kier alpha value is -1.95. The molecule has 1 aromatic rings. The minimum absolute atomic E-state index is 0.0366. The molecule has 136 valence electrons. The van der Waals surface area contributed by atoms with Gasteiger partial charge in [-0.2, -0.15) is 0 Å². The van der Waals surface area contributed by atoms with E-state index >= 15 is 0 Å². The van der Waals surface area contributed by atoms with E-state index in [1.54, 1.807) is 11.1 Å². The van der Waals surface area contributed by atoms with Crippen LogP contribution >= 0.6 is 0 Å². The van der Waals surface area contributed by atoms with E-state index in [0.717, 1.165) is 18.5 Å². The molecule has 0 aromatic carbocycles. The molecule has 25 heavy (non-hydrogen) atoms. The molecule has 1 aromatic heterocycles. The summed E-state index contributed by atoms with van der Waals surface area (Å²) in [7, 11) is 0. The smallest absolute Gasteiger partial charge is 0.228 e. The van der Waals surface area contributed by atoms with Gasteiger partial charge < -0.3 is 14.5 Å². The number of hydrogen-bond acceptors (Lipinski definition) is 4. The first-order valence-corrected chi connectivity index (χ1v) is 9.17. The molecule has 0 bridgehead atoms. The topological polar surface area (TPSA) is 62.7 Å². The average Bonchev–Trinajstić information content (AvgIpc) is 3.02. The first-order valence-electron chi connectivity index (χ1n) is 9.17. The number of rotatable bonds is 5. The van der Waals surface area contributed by atoms with Gasteiger partial charge in [0, 0.05) is 32.3 Å². The predicted molar refractivity (Wildman–Crippen MR) is 93.6 cm³/mol. The fourth-order valence-electron chi connectivity index (χ4n) is 3.75. The van der Waals surface area contributed by atoms with Crippen molar-refractivity contribution in [1.29, 1.82) is 0 Å². The van der Waals surface area contributed by atoms with E-state index in [1.807, 2.05) is 23.1 Å². The second-order valence-corrected chi connectivity index (χ2v) is 6.99. The second-order valence-electron chi connectivity index (χ2n) is 6.99. The van der Waals surface area contributed by atoms with Crippen LogP contribution in [0.4, 0.5) is 0 Å². The van der Waals surface area contributed by atoms with E-state index in [1.165, 1.54) is 0 Å². The molecular formula is C19H27N3O3. The van der Waals surface area contributed by atoms with Gasteiger partial charge >= 0.3 is 0 Å². The summed E-state index contributed by atoms with van der Waals surface area (Å²) in [5.74, 6) is -0.123. The van der Waals surface area contributed by atoms with Crippen LogP contribution in [0.15, 0.2) is 24.4 Å². The van der Waals surface area contributed by atoms with Crippen molar-refractivity contribution in [2.45, 2.75) is 45.3 Å². The fraction of sp³-hybridized carbons (Fsp3) is 0.632. The normalized spacial score (nSPS) is 23.1. The lowest BCUT2D eigenvalue weighted by Crippen LogP contribution is -2.54.